The minimum atomic E-state index is -0.559. The van der Waals surface area contributed by atoms with E-state index in [2.05, 4.69) is 10.2 Å². The van der Waals surface area contributed by atoms with Crippen molar-refractivity contribution in [2.24, 2.45) is 0 Å². The molecule has 23 heavy (non-hydrogen) atoms. The number of carbonyl (C=O) groups excluding carboxylic acids is 1. The highest BCUT2D eigenvalue weighted by atomic mass is 32.2. The van der Waals surface area contributed by atoms with Gasteiger partial charge in [-0.05, 0) is 13.0 Å². The number of piperazine rings is 1. The molecule has 1 aromatic rings. The first kappa shape index (κ1) is 16.7. The lowest BCUT2D eigenvalue weighted by Gasteiger charge is -2.39. The van der Waals surface area contributed by atoms with Crippen LogP contribution in [0.1, 0.15) is 18.5 Å². The van der Waals surface area contributed by atoms with Crippen LogP contribution in [-0.4, -0.2) is 59.6 Å². The number of hydrogen-bond donors (Lipinski definition) is 1. The van der Waals surface area contributed by atoms with Gasteiger partial charge in [-0.3, -0.25) is 15.0 Å². The summed E-state index contributed by atoms with van der Waals surface area (Å²) in [4.78, 5) is 16.4. The first-order valence-electron chi connectivity index (χ1n) is 7.85. The first-order chi connectivity index (χ1) is 11.1. The molecule has 0 unspecified atom stereocenters. The van der Waals surface area contributed by atoms with E-state index in [1.165, 1.54) is 12.1 Å². The van der Waals surface area contributed by atoms with Gasteiger partial charge in [-0.15, -0.1) is 11.8 Å². The molecule has 0 bridgehead atoms. The molecule has 0 aliphatic carbocycles. The minimum Gasteiger partial charge on any atom is -0.339 e. The molecule has 1 aromatic carbocycles. The van der Waals surface area contributed by atoms with Gasteiger partial charge < -0.3 is 4.90 Å². The molecule has 0 aromatic heterocycles. The molecule has 2 heterocycles. The fourth-order valence-electron chi connectivity index (χ4n) is 3.14. The maximum absolute atomic E-state index is 13.9. The molecule has 1 amide bonds. The average Bonchev–Trinajstić information content (AvgIpc) is 3.08. The molecule has 0 saturated carbocycles. The Balaban J connectivity index is 1.58. The van der Waals surface area contributed by atoms with Crippen LogP contribution < -0.4 is 5.32 Å². The zero-order chi connectivity index (χ0) is 16.4. The molecule has 2 aliphatic rings. The summed E-state index contributed by atoms with van der Waals surface area (Å²) < 4.78 is 27.0. The van der Waals surface area contributed by atoms with Crippen LogP contribution in [0.5, 0.6) is 0 Å². The van der Waals surface area contributed by atoms with Crippen LogP contribution >= 0.6 is 11.8 Å². The summed E-state index contributed by atoms with van der Waals surface area (Å²) in [6, 6.07) is 3.52. The highest BCUT2D eigenvalue weighted by Gasteiger charge is 2.31. The minimum absolute atomic E-state index is 0.0708. The Morgan fingerprint density at radius 3 is 2.65 bits per heavy atom. The molecule has 2 aliphatic heterocycles. The lowest BCUT2D eigenvalue weighted by molar-refractivity contribution is -0.134. The largest absolute Gasteiger partial charge is 0.339 e. The Bertz CT molecular complexity index is 572. The lowest BCUT2D eigenvalue weighted by Crippen LogP contribution is -2.53. The normalized spacial score (nSPS) is 24.0. The number of thioether (sulfide) groups is 1. The molecule has 2 fully saturated rings. The maximum atomic E-state index is 13.9. The van der Waals surface area contributed by atoms with Crippen LogP contribution in [-0.2, 0) is 4.79 Å². The zero-order valence-electron chi connectivity index (χ0n) is 13.1. The second-order valence-corrected chi connectivity index (χ2v) is 7.01. The van der Waals surface area contributed by atoms with Gasteiger partial charge >= 0.3 is 0 Å². The number of halogens is 2. The summed E-state index contributed by atoms with van der Waals surface area (Å²) in [6.07, 6.45) is 0. The number of hydrogen-bond acceptors (Lipinski definition) is 4. The number of carbonyl (C=O) groups is 1. The van der Waals surface area contributed by atoms with Gasteiger partial charge in [0, 0.05) is 55.5 Å². The van der Waals surface area contributed by atoms with Crippen molar-refractivity contribution in [1.29, 1.82) is 0 Å². The van der Waals surface area contributed by atoms with E-state index < -0.39 is 11.6 Å². The standard InChI is InChI=1S/C16H21F2N3OS/c1-11(13-3-2-12(17)8-14(13)18)20-4-6-21(7-5-20)16(22)15-9-23-10-19-15/h2-3,8,11,15,19H,4-7,9-10H2,1H3/t11-,15+/m1/s1. The monoisotopic (exact) mass is 341 g/mol. The SMILES string of the molecule is C[C@H](c1ccc(F)cc1F)N1CCN(C(=O)[C@@H]2CSCN2)CC1. The summed E-state index contributed by atoms with van der Waals surface area (Å²) >= 11 is 1.74. The maximum Gasteiger partial charge on any atom is 0.240 e. The van der Waals surface area contributed by atoms with E-state index in [9.17, 15) is 13.6 Å². The van der Waals surface area contributed by atoms with Crippen LogP contribution in [0.25, 0.3) is 0 Å². The summed E-state index contributed by atoms with van der Waals surface area (Å²) in [6.45, 7) is 4.61. The van der Waals surface area contributed by atoms with Crippen molar-refractivity contribution in [2.75, 3.05) is 37.8 Å². The summed E-state index contributed by atoms with van der Waals surface area (Å²) in [7, 11) is 0. The molecule has 0 spiro atoms. The Morgan fingerprint density at radius 1 is 1.30 bits per heavy atom. The van der Waals surface area contributed by atoms with Gasteiger partial charge in [-0.2, -0.15) is 0 Å². The molecular formula is C16H21F2N3OS. The predicted molar refractivity (Wildman–Crippen MR) is 87.2 cm³/mol. The van der Waals surface area contributed by atoms with Gasteiger partial charge in [-0.1, -0.05) is 6.07 Å². The number of nitrogens with zero attached hydrogens (tertiary/aromatic N) is 2. The molecule has 4 nitrogen and oxygen atoms in total. The topological polar surface area (TPSA) is 35.6 Å². The molecule has 2 atom stereocenters. The summed E-state index contributed by atoms with van der Waals surface area (Å²) in [5.41, 5.74) is 0.500. The number of benzene rings is 1. The fraction of sp³-hybridized carbons (Fsp3) is 0.562. The van der Waals surface area contributed by atoms with E-state index in [-0.39, 0.29) is 18.0 Å². The third-order valence-corrected chi connectivity index (χ3v) is 5.54. The Morgan fingerprint density at radius 2 is 2.04 bits per heavy atom. The van der Waals surface area contributed by atoms with Gasteiger partial charge in [0.15, 0.2) is 0 Å². The van der Waals surface area contributed by atoms with Crippen LogP contribution in [0.2, 0.25) is 0 Å². The second-order valence-electron chi connectivity index (χ2n) is 5.97. The van der Waals surface area contributed by atoms with Crippen molar-refractivity contribution in [1.82, 2.24) is 15.1 Å². The van der Waals surface area contributed by atoms with Crippen LogP contribution in [0, 0.1) is 11.6 Å². The van der Waals surface area contributed by atoms with Crippen LogP contribution in [0.4, 0.5) is 8.78 Å². The lowest BCUT2D eigenvalue weighted by atomic mass is 10.0. The Labute approximate surface area is 139 Å². The highest BCUT2D eigenvalue weighted by Crippen LogP contribution is 2.25. The zero-order valence-corrected chi connectivity index (χ0v) is 13.9. The third-order valence-electron chi connectivity index (χ3n) is 4.60. The number of rotatable bonds is 3. The molecule has 3 rings (SSSR count). The number of amides is 1. The molecule has 1 N–H and O–H groups in total. The van der Waals surface area contributed by atoms with Gasteiger partial charge in [0.1, 0.15) is 11.6 Å². The number of nitrogens with one attached hydrogen (secondary N) is 1. The molecule has 126 valence electrons. The fourth-order valence-corrected chi connectivity index (χ4v) is 4.07. The van der Waals surface area contributed by atoms with Crippen LogP contribution in [0.3, 0.4) is 0 Å². The van der Waals surface area contributed by atoms with E-state index in [1.807, 2.05) is 11.8 Å². The van der Waals surface area contributed by atoms with E-state index in [4.69, 9.17) is 0 Å². The summed E-state index contributed by atoms with van der Waals surface area (Å²) in [5, 5.41) is 3.20. The van der Waals surface area contributed by atoms with E-state index in [0.29, 0.717) is 31.7 Å². The Kier molecular flexibility index (Phi) is 5.18. The van der Waals surface area contributed by atoms with Crippen molar-refractivity contribution >= 4 is 17.7 Å². The predicted octanol–water partition coefficient (Wildman–Crippen LogP) is 1.83. The molecule has 7 heteroatoms. The van der Waals surface area contributed by atoms with Crippen molar-refractivity contribution in [3.8, 4) is 0 Å². The van der Waals surface area contributed by atoms with Crippen LogP contribution in [0.15, 0.2) is 18.2 Å². The first-order valence-corrected chi connectivity index (χ1v) is 9.00. The average molecular weight is 341 g/mol. The van der Waals surface area contributed by atoms with Gasteiger partial charge in [0.05, 0.1) is 6.04 Å². The van der Waals surface area contributed by atoms with Crippen molar-refractivity contribution in [2.45, 2.75) is 19.0 Å². The van der Waals surface area contributed by atoms with Crippen molar-refractivity contribution in [3.63, 3.8) is 0 Å². The van der Waals surface area contributed by atoms with Gasteiger partial charge in [0.2, 0.25) is 5.91 Å². The van der Waals surface area contributed by atoms with Gasteiger partial charge in [-0.25, -0.2) is 8.78 Å². The third kappa shape index (κ3) is 3.67. The molecular weight excluding hydrogens is 320 g/mol. The molecule has 0 radical (unpaired) electrons. The highest BCUT2D eigenvalue weighted by molar-refractivity contribution is 7.99. The quantitative estimate of drug-likeness (QED) is 0.910. The van der Waals surface area contributed by atoms with Gasteiger partial charge in [0.25, 0.3) is 0 Å². The smallest absolute Gasteiger partial charge is 0.240 e. The second kappa shape index (κ2) is 7.15. The van der Waals surface area contributed by atoms with Crippen molar-refractivity contribution < 1.29 is 13.6 Å². The van der Waals surface area contributed by atoms with E-state index >= 15 is 0 Å². The van der Waals surface area contributed by atoms with Crippen molar-refractivity contribution in [3.05, 3.63) is 35.4 Å². The van der Waals surface area contributed by atoms with E-state index in [0.717, 1.165) is 17.7 Å². The summed E-state index contributed by atoms with van der Waals surface area (Å²) in [5.74, 6) is 0.752. The van der Waals surface area contributed by atoms with E-state index in [1.54, 1.807) is 11.8 Å². The molecule has 2 saturated heterocycles. The Hall–Kier alpha value is -1.18.